The maximum absolute atomic E-state index is 16.0. The molecule has 0 unspecified atom stereocenters. The lowest BCUT2D eigenvalue weighted by atomic mass is 9.98. The number of nitrogens with one attached hydrogen (secondary N) is 1. The summed E-state index contributed by atoms with van der Waals surface area (Å²) in [4.78, 5) is 0. The van der Waals surface area contributed by atoms with Crippen LogP contribution in [0.15, 0.2) is 116 Å². The van der Waals surface area contributed by atoms with Crippen LogP contribution in [0.2, 0.25) is 0 Å². The van der Waals surface area contributed by atoms with Gasteiger partial charge in [0.2, 0.25) is 0 Å². The van der Waals surface area contributed by atoms with Crippen molar-refractivity contribution in [2.24, 2.45) is 0 Å². The molecule has 3 rings (SSSR count). The highest BCUT2D eigenvalue weighted by molar-refractivity contribution is 5.16. The minimum atomic E-state index is -1.42. The third kappa shape index (κ3) is 8.07. The van der Waals surface area contributed by atoms with Gasteiger partial charge in [0.05, 0.1) is 13.2 Å². The smallest absolute Gasteiger partial charge is 0.157 e. The van der Waals surface area contributed by atoms with Crippen LogP contribution in [0.25, 0.3) is 0 Å². The molecule has 0 aliphatic heterocycles. The predicted octanol–water partition coefficient (Wildman–Crippen LogP) is 6.42. The van der Waals surface area contributed by atoms with E-state index in [9.17, 15) is 0 Å². The Balaban J connectivity index is 1.75. The van der Waals surface area contributed by atoms with Crippen molar-refractivity contribution in [3.05, 3.63) is 133 Å². The number of alkyl halides is 1. The zero-order valence-corrected chi connectivity index (χ0v) is 19.6. The van der Waals surface area contributed by atoms with Crippen LogP contribution in [0.1, 0.15) is 23.1 Å². The first-order valence-electron chi connectivity index (χ1n) is 11.7. The fraction of sp³-hybridized carbons (Fsp3) is 0.267. The molecule has 3 aromatic carbocycles. The molecule has 1 N–H and O–H groups in total. The molecule has 4 heteroatoms. The highest BCUT2D eigenvalue weighted by Gasteiger charge is 2.35. The van der Waals surface area contributed by atoms with Gasteiger partial charge in [-0.05, 0) is 23.1 Å². The molecule has 0 bridgehead atoms. The molecule has 0 saturated heterocycles. The van der Waals surface area contributed by atoms with Gasteiger partial charge in [0.25, 0.3) is 0 Å². The Hall–Kier alpha value is -3.05. The van der Waals surface area contributed by atoms with E-state index in [1.54, 1.807) is 6.08 Å². The molecule has 0 heterocycles. The van der Waals surface area contributed by atoms with Crippen molar-refractivity contribution in [3.8, 4) is 0 Å². The second kappa shape index (κ2) is 14.3. The SMILES string of the molecule is C=CC[C@@H](NCc1ccccc1)[C@H](OCc1ccccc1)[C@@H](F)[C@@H](C=C)OCc1ccccc1. The van der Waals surface area contributed by atoms with Gasteiger partial charge in [-0.25, -0.2) is 4.39 Å². The Morgan fingerprint density at radius 2 is 1.24 bits per heavy atom. The predicted molar refractivity (Wildman–Crippen MR) is 137 cm³/mol. The van der Waals surface area contributed by atoms with Crippen LogP contribution in [0.3, 0.4) is 0 Å². The Bertz CT molecular complexity index is 965. The molecule has 4 atom stereocenters. The quantitative estimate of drug-likeness (QED) is 0.266. The van der Waals surface area contributed by atoms with E-state index < -0.39 is 18.4 Å². The molecule has 0 radical (unpaired) electrons. The molecule has 0 fully saturated rings. The zero-order chi connectivity index (χ0) is 24.0. The lowest BCUT2D eigenvalue weighted by Gasteiger charge is -2.33. The Morgan fingerprint density at radius 1 is 0.735 bits per heavy atom. The first kappa shape index (κ1) is 25.6. The number of halogens is 1. The van der Waals surface area contributed by atoms with Gasteiger partial charge in [-0.2, -0.15) is 0 Å². The number of hydrogen-bond donors (Lipinski definition) is 1. The normalized spacial score (nSPS) is 14.6. The summed E-state index contributed by atoms with van der Waals surface area (Å²) in [6, 6.07) is 29.3. The van der Waals surface area contributed by atoms with Crippen LogP contribution in [-0.4, -0.2) is 24.4 Å². The van der Waals surface area contributed by atoms with Crippen molar-refractivity contribution < 1.29 is 13.9 Å². The monoisotopic (exact) mass is 459 g/mol. The van der Waals surface area contributed by atoms with Crippen LogP contribution in [0.4, 0.5) is 4.39 Å². The summed E-state index contributed by atoms with van der Waals surface area (Å²) in [5, 5.41) is 3.48. The van der Waals surface area contributed by atoms with Crippen LogP contribution in [0, 0.1) is 0 Å². The number of ether oxygens (including phenoxy) is 2. The van der Waals surface area contributed by atoms with E-state index in [0.29, 0.717) is 26.2 Å². The number of hydrogen-bond acceptors (Lipinski definition) is 3. The Morgan fingerprint density at radius 3 is 1.74 bits per heavy atom. The summed E-state index contributed by atoms with van der Waals surface area (Å²) in [7, 11) is 0. The van der Waals surface area contributed by atoms with E-state index in [1.807, 2.05) is 91.0 Å². The van der Waals surface area contributed by atoms with Gasteiger partial charge >= 0.3 is 0 Å². The van der Waals surface area contributed by atoms with Crippen molar-refractivity contribution in [1.29, 1.82) is 0 Å². The first-order chi connectivity index (χ1) is 16.7. The topological polar surface area (TPSA) is 30.5 Å². The average Bonchev–Trinajstić information content (AvgIpc) is 2.89. The van der Waals surface area contributed by atoms with Crippen molar-refractivity contribution >= 4 is 0 Å². The van der Waals surface area contributed by atoms with Crippen LogP contribution in [0.5, 0.6) is 0 Å². The van der Waals surface area contributed by atoms with E-state index in [-0.39, 0.29) is 6.04 Å². The molecule has 3 aromatic rings. The highest BCUT2D eigenvalue weighted by atomic mass is 19.1. The van der Waals surface area contributed by atoms with Crippen molar-refractivity contribution in [2.75, 3.05) is 0 Å². The second-order valence-corrected chi connectivity index (χ2v) is 8.20. The highest BCUT2D eigenvalue weighted by Crippen LogP contribution is 2.22. The minimum absolute atomic E-state index is 0.292. The summed E-state index contributed by atoms with van der Waals surface area (Å²) < 4.78 is 28.2. The van der Waals surface area contributed by atoms with Crippen LogP contribution in [-0.2, 0) is 29.2 Å². The standard InChI is InChI=1S/C30H34FNO2/c1-3-14-27(32-21-24-15-8-5-9-16-24)30(34-23-26-19-12-7-13-20-26)29(31)28(4-2)33-22-25-17-10-6-11-18-25/h3-13,15-20,27-30,32H,1-2,14,21-23H2/t27-,28-,29+,30+/m1/s1. The fourth-order valence-corrected chi connectivity index (χ4v) is 3.80. The van der Waals surface area contributed by atoms with Gasteiger partial charge in [0.1, 0.15) is 12.2 Å². The van der Waals surface area contributed by atoms with Gasteiger partial charge in [-0.1, -0.05) is 103 Å². The van der Waals surface area contributed by atoms with E-state index in [2.05, 4.69) is 18.5 Å². The van der Waals surface area contributed by atoms with E-state index in [0.717, 1.165) is 16.7 Å². The Kier molecular flexibility index (Phi) is 10.7. The molecule has 0 spiro atoms. The fourth-order valence-electron chi connectivity index (χ4n) is 3.80. The molecule has 34 heavy (non-hydrogen) atoms. The molecule has 0 aliphatic carbocycles. The van der Waals surface area contributed by atoms with E-state index in [1.165, 1.54) is 6.08 Å². The zero-order valence-electron chi connectivity index (χ0n) is 19.6. The summed E-state index contributed by atoms with van der Waals surface area (Å²) in [6.45, 7) is 8.92. The Labute approximate surface area is 202 Å². The molecule has 0 aliphatic rings. The maximum atomic E-state index is 16.0. The first-order valence-corrected chi connectivity index (χ1v) is 11.7. The van der Waals surface area contributed by atoms with Gasteiger partial charge in [0, 0.05) is 12.6 Å². The summed E-state index contributed by atoms with van der Waals surface area (Å²) in [5.74, 6) is 0. The third-order valence-corrected chi connectivity index (χ3v) is 5.66. The maximum Gasteiger partial charge on any atom is 0.157 e. The van der Waals surface area contributed by atoms with Gasteiger partial charge in [-0.15, -0.1) is 13.2 Å². The van der Waals surface area contributed by atoms with E-state index >= 15 is 4.39 Å². The number of rotatable bonds is 15. The van der Waals surface area contributed by atoms with E-state index in [4.69, 9.17) is 9.47 Å². The van der Waals surface area contributed by atoms with Crippen LogP contribution >= 0.6 is 0 Å². The van der Waals surface area contributed by atoms with Gasteiger partial charge in [-0.3, -0.25) is 0 Å². The second-order valence-electron chi connectivity index (χ2n) is 8.20. The summed E-state index contributed by atoms with van der Waals surface area (Å²) >= 11 is 0. The largest absolute Gasteiger partial charge is 0.369 e. The molecule has 0 aromatic heterocycles. The molecule has 3 nitrogen and oxygen atoms in total. The van der Waals surface area contributed by atoms with Crippen molar-refractivity contribution in [1.82, 2.24) is 5.32 Å². The lowest BCUT2D eigenvalue weighted by molar-refractivity contribution is -0.0849. The van der Waals surface area contributed by atoms with Crippen LogP contribution < -0.4 is 5.32 Å². The molecular weight excluding hydrogens is 425 g/mol. The molecule has 0 saturated carbocycles. The van der Waals surface area contributed by atoms with Gasteiger partial charge < -0.3 is 14.8 Å². The lowest BCUT2D eigenvalue weighted by Crippen LogP contribution is -2.49. The third-order valence-electron chi connectivity index (χ3n) is 5.66. The van der Waals surface area contributed by atoms with Gasteiger partial charge in [0.15, 0.2) is 6.17 Å². The number of benzene rings is 3. The molecule has 0 amide bonds. The summed E-state index contributed by atoms with van der Waals surface area (Å²) in [6.07, 6.45) is 0.872. The van der Waals surface area contributed by atoms with Crippen molar-refractivity contribution in [3.63, 3.8) is 0 Å². The molecular formula is C30H34FNO2. The molecule has 178 valence electrons. The average molecular weight is 460 g/mol. The minimum Gasteiger partial charge on any atom is -0.369 e. The summed E-state index contributed by atoms with van der Waals surface area (Å²) in [5.41, 5.74) is 3.09. The van der Waals surface area contributed by atoms with Crippen molar-refractivity contribution in [2.45, 2.75) is 50.6 Å².